The van der Waals surface area contributed by atoms with Crippen LogP contribution in [0.4, 0.5) is 13.2 Å². The van der Waals surface area contributed by atoms with Crippen LogP contribution in [0, 0.1) is 23.4 Å². The quantitative estimate of drug-likeness (QED) is 0.458. The van der Waals surface area contributed by atoms with Crippen molar-refractivity contribution in [2.45, 2.75) is 26.7 Å². The molecule has 0 amide bonds. The number of rotatable bonds is 5. The van der Waals surface area contributed by atoms with E-state index in [0.29, 0.717) is 18.4 Å². The first kappa shape index (κ1) is 14.5. The van der Waals surface area contributed by atoms with E-state index in [0.717, 1.165) is 12.5 Å². The molecule has 1 rings (SSSR count). The molecule has 0 fully saturated rings. The van der Waals surface area contributed by atoms with E-state index < -0.39 is 29.0 Å². The van der Waals surface area contributed by atoms with E-state index in [9.17, 15) is 18.0 Å². The van der Waals surface area contributed by atoms with Gasteiger partial charge in [0.1, 0.15) is 0 Å². The second-order valence-corrected chi connectivity index (χ2v) is 4.39. The van der Waals surface area contributed by atoms with E-state index in [1.165, 1.54) is 0 Å². The summed E-state index contributed by atoms with van der Waals surface area (Å²) in [5, 5.41) is 0. The predicted molar refractivity (Wildman–Crippen MR) is 60.7 cm³/mol. The molecule has 1 aromatic carbocycles. The summed E-state index contributed by atoms with van der Waals surface area (Å²) < 4.78 is 43.6. The Balaban J connectivity index is 2.60. The topological polar surface area (TPSA) is 26.3 Å². The van der Waals surface area contributed by atoms with Gasteiger partial charge in [-0.05, 0) is 30.9 Å². The fourth-order valence-electron chi connectivity index (χ4n) is 1.42. The third-order valence-electron chi connectivity index (χ3n) is 2.41. The number of carbonyl (C=O) groups excluding carboxylic acids is 1. The Hall–Kier alpha value is -1.52. The molecular weight excluding hydrogens is 245 g/mol. The molecular formula is C13H15F3O2. The normalized spacial score (nSPS) is 10.8. The summed E-state index contributed by atoms with van der Waals surface area (Å²) in [4.78, 5) is 11.4. The Labute approximate surface area is 104 Å². The standard InChI is InChI=1S/C13H15F3O2/c1-8(2)4-3-7-18-13(17)9-5-6-10(14)12(16)11(9)15/h5-6,8H,3-4,7H2,1-2H3. The van der Waals surface area contributed by atoms with Gasteiger partial charge in [0.2, 0.25) is 0 Å². The van der Waals surface area contributed by atoms with E-state index >= 15 is 0 Å². The van der Waals surface area contributed by atoms with Gasteiger partial charge < -0.3 is 4.74 Å². The third kappa shape index (κ3) is 3.75. The van der Waals surface area contributed by atoms with Crippen LogP contribution >= 0.6 is 0 Å². The molecule has 0 spiro atoms. The van der Waals surface area contributed by atoms with E-state index in [1.54, 1.807) is 0 Å². The van der Waals surface area contributed by atoms with Gasteiger partial charge in [-0.1, -0.05) is 13.8 Å². The van der Waals surface area contributed by atoms with Crippen LogP contribution in [-0.2, 0) is 4.74 Å². The lowest BCUT2D eigenvalue weighted by Gasteiger charge is -2.07. The highest BCUT2D eigenvalue weighted by atomic mass is 19.2. The minimum absolute atomic E-state index is 0.134. The molecule has 0 N–H and O–H groups in total. The summed E-state index contributed by atoms with van der Waals surface area (Å²) >= 11 is 0. The number of benzene rings is 1. The lowest BCUT2D eigenvalue weighted by Crippen LogP contribution is -2.11. The molecule has 1 aromatic rings. The molecule has 0 radical (unpaired) electrons. The molecule has 5 heteroatoms. The first-order valence-electron chi connectivity index (χ1n) is 5.74. The van der Waals surface area contributed by atoms with Gasteiger partial charge in [0, 0.05) is 0 Å². The number of hydrogen-bond donors (Lipinski definition) is 0. The van der Waals surface area contributed by atoms with Crippen LogP contribution in [-0.4, -0.2) is 12.6 Å². The van der Waals surface area contributed by atoms with Crippen LogP contribution in [0.5, 0.6) is 0 Å². The molecule has 0 aromatic heterocycles. The first-order valence-corrected chi connectivity index (χ1v) is 5.74. The summed E-state index contributed by atoms with van der Waals surface area (Å²) in [5.74, 6) is -5.00. The molecule has 0 aliphatic carbocycles. The minimum atomic E-state index is -1.66. The maximum absolute atomic E-state index is 13.2. The fourth-order valence-corrected chi connectivity index (χ4v) is 1.42. The summed E-state index contributed by atoms with van der Waals surface area (Å²) in [6, 6.07) is 1.57. The summed E-state index contributed by atoms with van der Waals surface area (Å²) in [6.45, 7) is 4.18. The van der Waals surface area contributed by atoms with Gasteiger partial charge >= 0.3 is 5.97 Å². The van der Waals surface area contributed by atoms with Crippen molar-refractivity contribution in [2.75, 3.05) is 6.61 Å². The van der Waals surface area contributed by atoms with Crippen LogP contribution in [0.3, 0.4) is 0 Å². The van der Waals surface area contributed by atoms with Gasteiger partial charge in [-0.3, -0.25) is 0 Å². The molecule has 2 nitrogen and oxygen atoms in total. The summed E-state index contributed by atoms with van der Waals surface area (Å²) in [5.41, 5.74) is -0.585. The monoisotopic (exact) mass is 260 g/mol. The third-order valence-corrected chi connectivity index (χ3v) is 2.41. The van der Waals surface area contributed by atoms with Gasteiger partial charge in [-0.25, -0.2) is 18.0 Å². The van der Waals surface area contributed by atoms with Crippen LogP contribution in [0.2, 0.25) is 0 Å². The van der Waals surface area contributed by atoms with Gasteiger partial charge in [0.25, 0.3) is 0 Å². The number of ether oxygens (including phenoxy) is 1. The maximum Gasteiger partial charge on any atom is 0.341 e. The van der Waals surface area contributed by atoms with Crippen molar-refractivity contribution in [1.29, 1.82) is 0 Å². The van der Waals surface area contributed by atoms with Gasteiger partial charge in [0.05, 0.1) is 12.2 Å². The lowest BCUT2D eigenvalue weighted by molar-refractivity contribution is 0.0488. The predicted octanol–water partition coefficient (Wildman–Crippen LogP) is 3.70. The zero-order valence-corrected chi connectivity index (χ0v) is 10.3. The molecule has 0 aliphatic rings. The van der Waals surface area contributed by atoms with Crippen molar-refractivity contribution in [3.8, 4) is 0 Å². The van der Waals surface area contributed by atoms with Crippen LogP contribution < -0.4 is 0 Å². The molecule has 0 aliphatic heterocycles. The smallest absolute Gasteiger partial charge is 0.341 e. The number of esters is 1. The molecule has 0 saturated heterocycles. The Morgan fingerprint density at radius 1 is 1.22 bits per heavy atom. The number of hydrogen-bond acceptors (Lipinski definition) is 2. The molecule has 100 valence electrons. The highest BCUT2D eigenvalue weighted by Gasteiger charge is 2.19. The second-order valence-electron chi connectivity index (χ2n) is 4.39. The fraction of sp³-hybridized carbons (Fsp3) is 0.462. The Morgan fingerprint density at radius 2 is 1.89 bits per heavy atom. The van der Waals surface area contributed by atoms with E-state index in [-0.39, 0.29) is 6.61 Å². The first-order chi connectivity index (χ1) is 8.43. The zero-order chi connectivity index (χ0) is 13.7. The average Bonchev–Trinajstić information content (AvgIpc) is 2.31. The van der Waals surface area contributed by atoms with Crippen molar-refractivity contribution < 1.29 is 22.7 Å². The molecule has 0 saturated carbocycles. The van der Waals surface area contributed by atoms with E-state index in [4.69, 9.17) is 4.74 Å². The van der Waals surface area contributed by atoms with Gasteiger partial charge in [-0.2, -0.15) is 0 Å². The minimum Gasteiger partial charge on any atom is -0.462 e. The molecule has 18 heavy (non-hydrogen) atoms. The Kier molecular flexibility index (Phi) is 5.19. The van der Waals surface area contributed by atoms with Crippen molar-refractivity contribution in [1.82, 2.24) is 0 Å². The van der Waals surface area contributed by atoms with Gasteiger partial charge in [0.15, 0.2) is 17.5 Å². The van der Waals surface area contributed by atoms with Crippen molar-refractivity contribution >= 4 is 5.97 Å². The summed E-state index contributed by atoms with van der Waals surface area (Å²) in [7, 11) is 0. The molecule has 0 unspecified atom stereocenters. The zero-order valence-electron chi connectivity index (χ0n) is 10.3. The highest BCUT2D eigenvalue weighted by molar-refractivity contribution is 5.89. The van der Waals surface area contributed by atoms with Crippen molar-refractivity contribution in [3.05, 3.63) is 35.1 Å². The molecule has 0 heterocycles. The van der Waals surface area contributed by atoms with E-state index in [2.05, 4.69) is 0 Å². The summed E-state index contributed by atoms with van der Waals surface area (Å²) in [6.07, 6.45) is 1.52. The SMILES string of the molecule is CC(C)CCCOC(=O)c1ccc(F)c(F)c1F. The average molecular weight is 260 g/mol. The Morgan fingerprint density at radius 3 is 2.50 bits per heavy atom. The van der Waals surface area contributed by atoms with Crippen LogP contribution in [0.15, 0.2) is 12.1 Å². The lowest BCUT2D eigenvalue weighted by atomic mass is 10.1. The largest absolute Gasteiger partial charge is 0.462 e. The highest BCUT2D eigenvalue weighted by Crippen LogP contribution is 2.16. The number of halogens is 3. The molecule has 0 atom stereocenters. The van der Waals surface area contributed by atoms with Crippen molar-refractivity contribution in [2.24, 2.45) is 5.92 Å². The number of carbonyl (C=O) groups is 1. The Bertz CT molecular complexity index is 430. The van der Waals surface area contributed by atoms with E-state index in [1.807, 2.05) is 13.8 Å². The maximum atomic E-state index is 13.2. The van der Waals surface area contributed by atoms with Crippen molar-refractivity contribution in [3.63, 3.8) is 0 Å². The van der Waals surface area contributed by atoms with Gasteiger partial charge in [-0.15, -0.1) is 0 Å². The molecule has 0 bridgehead atoms. The second kappa shape index (κ2) is 6.42. The van der Waals surface area contributed by atoms with Crippen LogP contribution in [0.25, 0.3) is 0 Å². The van der Waals surface area contributed by atoms with Crippen LogP contribution in [0.1, 0.15) is 37.0 Å².